The van der Waals surface area contributed by atoms with Crippen LogP contribution < -0.4 is 4.72 Å². The van der Waals surface area contributed by atoms with Crippen molar-refractivity contribution in [3.05, 3.63) is 0 Å². The topological polar surface area (TPSA) is 83.5 Å². The molecule has 0 spiro atoms. The third-order valence-corrected chi connectivity index (χ3v) is 3.37. The fraction of sp³-hybridized carbons (Fsp3) is 0.857. The summed E-state index contributed by atoms with van der Waals surface area (Å²) in [7, 11) is -3.23. The van der Waals surface area contributed by atoms with E-state index in [2.05, 4.69) is 4.72 Å². The summed E-state index contributed by atoms with van der Waals surface area (Å²) in [4.78, 5) is 10.1. The highest BCUT2D eigenvalue weighted by molar-refractivity contribution is 7.89. The number of hydrogen-bond donors (Lipinski definition) is 2. The molecule has 1 fully saturated rings. The lowest BCUT2D eigenvalue weighted by atomic mass is 10.5. The van der Waals surface area contributed by atoms with Crippen LogP contribution in [0.15, 0.2) is 0 Å². The Balaban J connectivity index is 2.21. The van der Waals surface area contributed by atoms with E-state index >= 15 is 0 Å². The maximum atomic E-state index is 11.2. The minimum absolute atomic E-state index is 0.00954. The van der Waals surface area contributed by atoms with Crippen LogP contribution in [-0.4, -0.2) is 31.8 Å². The van der Waals surface area contributed by atoms with Gasteiger partial charge in [0.2, 0.25) is 10.0 Å². The van der Waals surface area contributed by atoms with E-state index in [4.69, 9.17) is 5.11 Å². The van der Waals surface area contributed by atoms with Gasteiger partial charge >= 0.3 is 5.97 Å². The van der Waals surface area contributed by atoms with Crippen LogP contribution in [0.2, 0.25) is 0 Å². The van der Waals surface area contributed by atoms with Gasteiger partial charge in [-0.05, 0) is 18.8 Å². The first kappa shape index (κ1) is 10.5. The summed E-state index contributed by atoms with van der Waals surface area (Å²) in [6, 6.07) is 0. The van der Waals surface area contributed by atoms with Crippen molar-refractivity contribution in [3.8, 4) is 0 Å². The van der Waals surface area contributed by atoms with E-state index in [-0.39, 0.29) is 18.7 Å². The normalized spacial score (nSPS) is 17.2. The minimum atomic E-state index is -3.23. The van der Waals surface area contributed by atoms with Gasteiger partial charge in [-0.15, -0.1) is 0 Å². The Morgan fingerprint density at radius 1 is 1.46 bits per heavy atom. The Kier molecular flexibility index (Phi) is 3.27. The number of aliphatic carboxylic acids is 1. The second-order valence-corrected chi connectivity index (χ2v) is 5.11. The summed E-state index contributed by atoms with van der Waals surface area (Å²) in [5.41, 5.74) is 0. The first-order chi connectivity index (χ1) is 5.99. The van der Waals surface area contributed by atoms with Crippen LogP contribution in [0.1, 0.15) is 19.3 Å². The molecule has 2 N–H and O–H groups in total. The molecule has 6 heteroatoms. The molecule has 0 heterocycles. The Hall–Kier alpha value is -0.620. The van der Waals surface area contributed by atoms with E-state index in [1.807, 2.05) is 0 Å². The van der Waals surface area contributed by atoms with E-state index in [0.29, 0.717) is 5.92 Å². The maximum Gasteiger partial charge on any atom is 0.304 e. The molecule has 13 heavy (non-hydrogen) atoms. The highest BCUT2D eigenvalue weighted by Crippen LogP contribution is 2.29. The van der Waals surface area contributed by atoms with Gasteiger partial charge in [-0.25, -0.2) is 13.1 Å². The summed E-state index contributed by atoms with van der Waals surface area (Å²) in [5.74, 6) is -0.552. The number of carboxylic acids is 1. The molecule has 76 valence electrons. The van der Waals surface area contributed by atoms with Gasteiger partial charge in [0, 0.05) is 6.54 Å². The van der Waals surface area contributed by atoms with Gasteiger partial charge in [-0.1, -0.05) is 0 Å². The van der Waals surface area contributed by atoms with E-state index in [0.717, 1.165) is 12.8 Å². The maximum absolute atomic E-state index is 11.2. The molecule has 1 saturated carbocycles. The Labute approximate surface area is 77.2 Å². The SMILES string of the molecule is O=C(O)CCNS(=O)(=O)CC1CC1. The molecule has 0 aromatic carbocycles. The third-order valence-electron chi connectivity index (χ3n) is 1.81. The summed E-state index contributed by atoms with van der Waals surface area (Å²) < 4.78 is 24.6. The van der Waals surface area contributed by atoms with Gasteiger partial charge in [0.25, 0.3) is 0 Å². The van der Waals surface area contributed by atoms with E-state index < -0.39 is 16.0 Å². The molecule has 1 aliphatic rings. The van der Waals surface area contributed by atoms with Crippen LogP contribution >= 0.6 is 0 Å². The average Bonchev–Trinajstić information content (AvgIpc) is 2.68. The number of sulfonamides is 1. The molecular formula is C7H13NO4S. The molecule has 0 atom stereocenters. The summed E-state index contributed by atoms with van der Waals surface area (Å²) in [5, 5.41) is 8.27. The zero-order valence-electron chi connectivity index (χ0n) is 7.19. The zero-order chi connectivity index (χ0) is 9.90. The predicted octanol–water partition coefficient (Wildman–Crippen LogP) is -0.210. The lowest BCUT2D eigenvalue weighted by Crippen LogP contribution is -2.29. The number of carboxylic acid groups (broad SMARTS) is 1. The summed E-state index contributed by atoms with van der Waals surface area (Å²) in [6.45, 7) is -0.00954. The molecule has 0 aliphatic heterocycles. The largest absolute Gasteiger partial charge is 0.481 e. The minimum Gasteiger partial charge on any atom is -0.481 e. The van der Waals surface area contributed by atoms with E-state index in [1.165, 1.54) is 0 Å². The molecule has 0 unspecified atom stereocenters. The van der Waals surface area contributed by atoms with Gasteiger partial charge in [0.15, 0.2) is 0 Å². The van der Waals surface area contributed by atoms with Crippen molar-refractivity contribution in [3.63, 3.8) is 0 Å². The average molecular weight is 207 g/mol. The summed E-state index contributed by atoms with van der Waals surface area (Å²) >= 11 is 0. The molecule has 0 amide bonds. The molecule has 0 saturated heterocycles. The Bertz CT molecular complexity index is 281. The number of hydrogen-bond acceptors (Lipinski definition) is 3. The predicted molar refractivity (Wildman–Crippen MR) is 46.8 cm³/mol. The highest BCUT2D eigenvalue weighted by atomic mass is 32.2. The van der Waals surface area contributed by atoms with Crippen LogP contribution in [0.25, 0.3) is 0 Å². The Morgan fingerprint density at radius 3 is 2.54 bits per heavy atom. The van der Waals surface area contributed by atoms with Crippen LogP contribution in [0.4, 0.5) is 0 Å². The van der Waals surface area contributed by atoms with Crippen molar-refractivity contribution >= 4 is 16.0 Å². The highest BCUT2D eigenvalue weighted by Gasteiger charge is 2.27. The van der Waals surface area contributed by atoms with Gasteiger partial charge < -0.3 is 5.11 Å². The van der Waals surface area contributed by atoms with Gasteiger partial charge in [0.05, 0.1) is 12.2 Å². The molecule has 1 aliphatic carbocycles. The quantitative estimate of drug-likeness (QED) is 0.631. The molecule has 1 rings (SSSR count). The van der Waals surface area contributed by atoms with Gasteiger partial charge in [-0.3, -0.25) is 4.79 Å². The number of nitrogens with one attached hydrogen (secondary N) is 1. The third kappa shape index (κ3) is 4.84. The van der Waals surface area contributed by atoms with Crippen LogP contribution in [0, 0.1) is 5.92 Å². The number of rotatable bonds is 6. The van der Waals surface area contributed by atoms with Crippen molar-refractivity contribution < 1.29 is 18.3 Å². The zero-order valence-corrected chi connectivity index (χ0v) is 8.01. The monoisotopic (exact) mass is 207 g/mol. The van der Waals surface area contributed by atoms with Gasteiger partial charge in [0.1, 0.15) is 0 Å². The molecular weight excluding hydrogens is 194 g/mol. The molecule has 0 radical (unpaired) electrons. The van der Waals surface area contributed by atoms with Crippen molar-refractivity contribution in [2.24, 2.45) is 5.92 Å². The van der Waals surface area contributed by atoms with Crippen molar-refractivity contribution in [1.29, 1.82) is 0 Å². The second kappa shape index (κ2) is 4.06. The van der Waals surface area contributed by atoms with E-state index in [9.17, 15) is 13.2 Å². The molecule has 0 bridgehead atoms. The van der Waals surface area contributed by atoms with Crippen molar-refractivity contribution in [2.75, 3.05) is 12.3 Å². The van der Waals surface area contributed by atoms with Crippen molar-refractivity contribution in [2.45, 2.75) is 19.3 Å². The lowest BCUT2D eigenvalue weighted by molar-refractivity contribution is -0.136. The van der Waals surface area contributed by atoms with Crippen molar-refractivity contribution in [1.82, 2.24) is 4.72 Å². The Morgan fingerprint density at radius 2 is 2.08 bits per heavy atom. The smallest absolute Gasteiger partial charge is 0.304 e. The first-order valence-electron chi connectivity index (χ1n) is 4.19. The summed E-state index contributed by atoms with van der Waals surface area (Å²) in [6.07, 6.45) is 1.78. The number of carbonyl (C=O) groups is 1. The van der Waals surface area contributed by atoms with Crippen LogP contribution in [-0.2, 0) is 14.8 Å². The fourth-order valence-corrected chi connectivity index (χ4v) is 2.45. The van der Waals surface area contributed by atoms with Gasteiger partial charge in [-0.2, -0.15) is 0 Å². The van der Waals surface area contributed by atoms with E-state index in [1.54, 1.807) is 0 Å². The fourth-order valence-electron chi connectivity index (χ4n) is 0.967. The standard InChI is InChI=1S/C7H13NO4S/c9-7(10)3-4-8-13(11,12)5-6-1-2-6/h6,8H,1-5H2,(H,9,10). The molecule has 5 nitrogen and oxygen atoms in total. The molecule has 0 aromatic heterocycles. The van der Waals surface area contributed by atoms with Crippen LogP contribution in [0.5, 0.6) is 0 Å². The second-order valence-electron chi connectivity index (χ2n) is 3.26. The lowest BCUT2D eigenvalue weighted by Gasteiger charge is -2.03. The first-order valence-corrected chi connectivity index (χ1v) is 5.84. The molecule has 0 aromatic rings. The van der Waals surface area contributed by atoms with Crippen LogP contribution in [0.3, 0.4) is 0 Å².